The molecule has 0 saturated heterocycles. The first kappa shape index (κ1) is 15.8. The largest absolute Gasteiger partial charge is 0.409 e. The van der Waals surface area contributed by atoms with E-state index in [1.807, 2.05) is 24.3 Å². The maximum atomic E-state index is 12.8. The molecule has 4 N–H and O–H groups in total. The van der Waals surface area contributed by atoms with Gasteiger partial charge in [0, 0.05) is 10.2 Å². The Bertz CT molecular complexity index is 537. The number of nitrogens with one attached hydrogen (secondary N) is 1. The van der Waals surface area contributed by atoms with Crippen LogP contribution in [0.1, 0.15) is 38.5 Å². The van der Waals surface area contributed by atoms with Crippen molar-refractivity contribution in [1.29, 1.82) is 0 Å². The quantitative estimate of drug-likeness (QED) is 0.255. The van der Waals surface area contributed by atoms with Crippen LogP contribution >= 0.6 is 15.9 Å². The number of carbonyl (C=O) groups is 1. The molecule has 1 saturated carbocycles. The number of nitrogens with zero attached hydrogens (tertiary/aromatic N) is 1. The van der Waals surface area contributed by atoms with Crippen molar-refractivity contribution in [2.75, 3.05) is 5.32 Å². The van der Waals surface area contributed by atoms with E-state index in [-0.39, 0.29) is 11.7 Å². The van der Waals surface area contributed by atoms with E-state index >= 15 is 0 Å². The van der Waals surface area contributed by atoms with Crippen molar-refractivity contribution in [2.45, 2.75) is 38.5 Å². The van der Waals surface area contributed by atoms with E-state index in [2.05, 4.69) is 26.4 Å². The number of nitrogens with two attached hydrogens (primary N) is 1. The smallest absolute Gasteiger partial charge is 0.238 e. The normalized spacial score (nSPS) is 18.8. The van der Waals surface area contributed by atoms with Crippen molar-refractivity contribution < 1.29 is 10.0 Å². The Hall–Kier alpha value is -1.56. The first-order valence-corrected chi connectivity index (χ1v) is 7.93. The van der Waals surface area contributed by atoms with E-state index in [0.717, 1.165) is 30.2 Å². The van der Waals surface area contributed by atoms with Crippen LogP contribution in [-0.2, 0) is 4.79 Å². The number of halogens is 1. The van der Waals surface area contributed by atoms with Gasteiger partial charge in [-0.15, -0.1) is 0 Å². The molecule has 0 bridgehead atoms. The molecule has 114 valence electrons. The topological polar surface area (TPSA) is 87.7 Å². The summed E-state index contributed by atoms with van der Waals surface area (Å²) in [5.41, 5.74) is 5.66. The van der Waals surface area contributed by atoms with Crippen molar-refractivity contribution >= 4 is 33.4 Å². The molecule has 0 unspecified atom stereocenters. The minimum Gasteiger partial charge on any atom is -0.409 e. The standard InChI is InChI=1S/C15H20BrN3O2/c16-11-6-5-7-12(10-11)18-14(20)15(13(17)19-21)8-3-1-2-4-9-15/h5-7,10,21H,1-4,8-9H2,(H2,17,19)(H,18,20). The maximum Gasteiger partial charge on any atom is 0.238 e. The third kappa shape index (κ3) is 3.56. The Morgan fingerprint density at radius 2 is 1.95 bits per heavy atom. The summed E-state index contributed by atoms with van der Waals surface area (Å²) in [4.78, 5) is 12.8. The Morgan fingerprint density at radius 1 is 1.29 bits per heavy atom. The SMILES string of the molecule is NC(=NO)C1(C(=O)Nc2cccc(Br)c2)CCCCCC1. The minimum absolute atomic E-state index is 0.0110. The number of oxime groups is 1. The van der Waals surface area contributed by atoms with Crippen LogP contribution in [0.2, 0.25) is 0 Å². The van der Waals surface area contributed by atoms with E-state index in [0.29, 0.717) is 18.5 Å². The summed E-state index contributed by atoms with van der Waals surface area (Å²) in [7, 11) is 0. The third-order valence-electron chi connectivity index (χ3n) is 4.07. The lowest BCUT2D eigenvalue weighted by molar-refractivity contribution is -0.123. The fourth-order valence-corrected chi connectivity index (χ4v) is 3.24. The van der Waals surface area contributed by atoms with E-state index in [4.69, 9.17) is 10.9 Å². The summed E-state index contributed by atoms with van der Waals surface area (Å²) in [5.74, 6) is -0.185. The third-order valence-corrected chi connectivity index (χ3v) is 4.57. The lowest BCUT2D eigenvalue weighted by atomic mass is 9.78. The van der Waals surface area contributed by atoms with Crippen LogP contribution in [0.5, 0.6) is 0 Å². The first-order chi connectivity index (χ1) is 10.1. The van der Waals surface area contributed by atoms with Gasteiger partial charge in [-0.1, -0.05) is 52.8 Å². The molecule has 1 amide bonds. The van der Waals surface area contributed by atoms with E-state index < -0.39 is 5.41 Å². The Kier molecular flexibility index (Phi) is 5.22. The van der Waals surface area contributed by atoms with Crippen LogP contribution in [0, 0.1) is 5.41 Å². The van der Waals surface area contributed by atoms with Crippen LogP contribution in [0.4, 0.5) is 5.69 Å². The molecule has 5 nitrogen and oxygen atoms in total. The molecule has 0 radical (unpaired) electrons. The summed E-state index contributed by atoms with van der Waals surface area (Å²) in [5, 5.41) is 15.1. The number of hydrogen-bond acceptors (Lipinski definition) is 3. The van der Waals surface area contributed by atoms with Crippen LogP contribution in [0.3, 0.4) is 0 Å². The molecular weight excluding hydrogens is 334 g/mol. The zero-order valence-corrected chi connectivity index (χ0v) is 13.4. The van der Waals surface area contributed by atoms with Crippen LogP contribution in [0.25, 0.3) is 0 Å². The molecule has 21 heavy (non-hydrogen) atoms. The number of anilines is 1. The van der Waals surface area contributed by atoms with Crippen LogP contribution < -0.4 is 11.1 Å². The fourth-order valence-electron chi connectivity index (χ4n) is 2.84. The molecule has 0 atom stereocenters. The number of hydrogen-bond donors (Lipinski definition) is 3. The summed E-state index contributed by atoms with van der Waals surface area (Å²) in [6.07, 6.45) is 5.19. The molecule has 0 aromatic heterocycles. The average molecular weight is 354 g/mol. The molecular formula is C15H20BrN3O2. The fraction of sp³-hybridized carbons (Fsp3) is 0.467. The van der Waals surface area contributed by atoms with Crippen LogP contribution in [-0.4, -0.2) is 17.0 Å². The van der Waals surface area contributed by atoms with Gasteiger partial charge >= 0.3 is 0 Å². The van der Waals surface area contributed by atoms with Gasteiger partial charge in [-0.25, -0.2) is 0 Å². The Morgan fingerprint density at radius 3 is 2.52 bits per heavy atom. The monoisotopic (exact) mass is 353 g/mol. The zero-order chi connectivity index (χ0) is 15.3. The molecule has 0 spiro atoms. The number of rotatable bonds is 3. The molecule has 0 heterocycles. The predicted molar refractivity (Wildman–Crippen MR) is 86.3 cm³/mol. The number of carbonyl (C=O) groups excluding carboxylic acids is 1. The summed E-state index contributed by atoms with van der Waals surface area (Å²) in [6.45, 7) is 0. The zero-order valence-electron chi connectivity index (χ0n) is 11.8. The highest BCUT2D eigenvalue weighted by molar-refractivity contribution is 9.10. The van der Waals surface area contributed by atoms with Gasteiger partial charge in [0.05, 0.1) is 0 Å². The highest BCUT2D eigenvalue weighted by Crippen LogP contribution is 2.36. The average Bonchev–Trinajstić information content (AvgIpc) is 2.73. The molecule has 1 aromatic rings. The lowest BCUT2D eigenvalue weighted by Crippen LogP contribution is -2.46. The molecule has 0 aliphatic heterocycles. The Labute approximate surface area is 132 Å². The summed E-state index contributed by atoms with van der Waals surface area (Å²) in [6, 6.07) is 7.39. The number of amides is 1. The van der Waals surface area contributed by atoms with Gasteiger partial charge < -0.3 is 16.3 Å². The van der Waals surface area contributed by atoms with Crippen molar-refractivity contribution in [3.63, 3.8) is 0 Å². The van der Waals surface area contributed by atoms with Gasteiger partial charge in [0.1, 0.15) is 5.41 Å². The van der Waals surface area contributed by atoms with Crippen molar-refractivity contribution in [3.8, 4) is 0 Å². The maximum absolute atomic E-state index is 12.8. The molecule has 1 aliphatic rings. The van der Waals surface area contributed by atoms with Gasteiger partial charge in [-0.3, -0.25) is 4.79 Å². The second kappa shape index (κ2) is 6.93. The van der Waals surface area contributed by atoms with E-state index in [9.17, 15) is 4.79 Å². The summed E-state index contributed by atoms with van der Waals surface area (Å²) >= 11 is 3.38. The molecule has 6 heteroatoms. The van der Waals surface area contributed by atoms with E-state index in [1.165, 1.54) is 0 Å². The second-order valence-corrected chi connectivity index (χ2v) is 6.36. The number of amidine groups is 1. The van der Waals surface area contributed by atoms with Gasteiger partial charge in [0.25, 0.3) is 0 Å². The second-order valence-electron chi connectivity index (χ2n) is 5.45. The van der Waals surface area contributed by atoms with Gasteiger partial charge in [-0.2, -0.15) is 0 Å². The van der Waals surface area contributed by atoms with Crippen molar-refractivity contribution in [3.05, 3.63) is 28.7 Å². The molecule has 2 rings (SSSR count). The highest BCUT2D eigenvalue weighted by atomic mass is 79.9. The summed E-state index contributed by atoms with van der Waals surface area (Å²) < 4.78 is 0.888. The van der Waals surface area contributed by atoms with Gasteiger partial charge in [0.2, 0.25) is 5.91 Å². The van der Waals surface area contributed by atoms with Gasteiger partial charge in [0.15, 0.2) is 5.84 Å². The van der Waals surface area contributed by atoms with Crippen molar-refractivity contribution in [2.24, 2.45) is 16.3 Å². The van der Waals surface area contributed by atoms with E-state index in [1.54, 1.807) is 0 Å². The highest BCUT2D eigenvalue weighted by Gasteiger charge is 2.43. The predicted octanol–water partition coefficient (Wildman–Crippen LogP) is 3.47. The molecule has 1 aromatic carbocycles. The number of benzene rings is 1. The Balaban J connectivity index is 2.26. The van der Waals surface area contributed by atoms with Crippen LogP contribution in [0.15, 0.2) is 33.9 Å². The lowest BCUT2D eigenvalue weighted by Gasteiger charge is -2.29. The molecule has 1 fully saturated rings. The van der Waals surface area contributed by atoms with Crippen molar-refractivity contribution in [1.82, 2.24) is 0 Å². The molecule has 1 aliphatic carbocycles. The van der Waals surface area contributed by atoms with Gasteiger partial charge in [-0.05, 0) is 31.0 Å². The first-order valence-electron chi connectivity index (χ1n) is 7.13. The minimum atomic E-state index is -0.909.